The van der Waals surface area contributed by atoms with Crippen LogP contribution in [0.3, 0.4) is 0 Å². The molecule has 4 nitrogen and oxygen atoms in total. The summed E-state index contributed by atoms with van der Waals surface area (Å²) in [6, 6.07) is 17.8. The fourth-order valence-electron chi connectivity index (χ4n) is 2.43. The second kappa shape index (κ2) is 8.31. The first-order valence-corrected chi connectivity index (χ1v) is 8.07. The maximum Gasteiger partial charge on any atom is 0.145 e. The average molecular weight is 323 g/mol. The minimum atomic E-state index is 0.486. The van der Waals surface area contributed by atoms with Crippen LogP contribution in [-0.4, -0.2) is 31.4 Å². The van der Waals surface area contributed by atoms with Gasteiger partial charge in [0.05, 0.1) is 13.2 Å². The number of benzene rings is 2. The molecule has 2 aromatic carbocycles. The molecule has 0 spiro atoms. The molecule has 0 fully saturated rings. The van der Waals surface area contributed by atoms with Gasteiger partial charge in [-0.15, -0.1) is 0 Å². The number of nitrogens with zero attached hydrogens (tertiary/aromatic N) is 1. The number of ether oxygens (including phenoxy) is 3. The normalized spacial score (nSPS) is 10.7. The van der Waals surface area contributed by atoms with E-state index in [4.69, 9.17) is 14.2 Å². The van der Waals surface area contributed by atoms with Gasteiger partial charge in [0.15, 0.2) is 0 Å². The van der Waals surface area contributed by atoms with Crippen molar-refractivity contribution in [2.45, 2.75) is 6.92 Å². The maximum atomic E-state index is 5.77. The lowest BCUT2D eigenvalue weighted by Gasteiger charge is -2.10. The van der Waals surface area contributed by atoms with E-state index in [-0.39, 0.29) is 0 Å². The Morgan fingerprint density at radius 3 is 2.29 bits per heavy atom. The highest BCUT2D eigenvalue weighted by molar-refractivity contribution is 5.84. The average Bonchev–Trinajstić information content (AvgIpc) is 2.62. The first kappa shape index (κ1) is 16.3. The highest BCUT2D eigenvalue weighted by Crippen LogP contribution is 2.22. The van der Waals surface area contributed by atoms with Gasteiger partial charge in [0, 0.05) is 11.6 Å². The summed E-state index contributed by atoms with van der Waals surface area (Å²) in [6.07, 6.45) is 1.77. The van der Waals surface area contributed by atoms with Crippen molar-refractivity contribution in [1.82, 2.24) is 4.98 Å². The van der Waals surface area contributed by atoms with Crippen LogP contribution in [0.5, 0.6) is 11.5 Å². The SMILES string of the molecule is Cc1ccccc1OCCOCCOc1cccc2cccnc12. The van der Waals surface area contributed by atoms with Crippen LogP contribution in [0.25, 0.3) is 10.9 Å². The molecule has 124 valence electrons. The van der Waals surface area contributed by atoms with Crippen molar-refractivity contribution in [3.05, 3.63) is 66.4 Å². The largest absolute Gasteiger partial charge is 0.491 e. The summed E-state index contributed by atoms with van der Waals surface area (Å²) in [5.41, 5.74) is 2.01. The molecule has 0 saturated carbocycles. The van der Waals surface area contributed by atoms with Crippen LogP contribution in [0.15, 0.2) is 60.8 Å². The van der Waals surface area contributed by atoms with E-state index < -0.39 is 0 Å². The van der Waals surface area contributed by atoms with E-state index in [0.29, 0.717) is 26.4 Å². The van der Waals surface area contributed by atoms with E-state index in [1.54, 1.807) is 6.20 Å². The van der Waals surface area contributed by atoms with Crippen LogP contribution in [0.1, 0.15) is 5.56 Å². The Morgan fingerprint density at radius 2 is 1.46 bits per heavy atom. The standard InChI is InChI=1S/C20H21NO3/c1-16-6-2-3-9-18(16)23-14-12-22-13-15-24-19-10-4-7-17-8-5-11-21-20(17)19/h2-11H,12-15H2,1H3. The zero-order valence-corrected chi connectivity index (χ0v) is 13.8. The Morgan fingerprint density at radius 1 is 0.750 bits per heavy atom. The Bertz CT molecular complexity index is 783. The third-order valence-electron chi connectivity index (χ3n) is 3.66. The van der Waals surface area contributed by atoms with Gasteiger partial charge in [0.1, 0.15) is 30.2 Å². The molecule has 1 aromatic heterocycles. The molecule has 0 N–H and O–H groups in total. The lowest BCUT2D eigenvalue weighted by Crippen LogP contribution is -2.12. The summed E-state index contributed by atoms with van der Waals surface area (Å²) in [4.78, 5) is 4.37. The van der Waals surface area contributed by atoms with Crippen LogP contribution >= 0.6 is 0 Å². The van der Waals surface area contributed by atoms with Gasteiger partial charge in [-0.05, 0) is 30.7 Å². The molecule has 0 saturated heterocycles. The fraction of sp³-hybridized carbons (Fsp3) is 0.250. The minimum Gasteiger partial charge on any atom is -0.491 e. The van der Waals surface area contributed by atoms with Gasteiger partial charge in [-0.25, -0.2) is 0 Å². The predicted molar refractivity (Wildman–Crippen MR) is 94.7 cm³/mol. The smallest absolute Gasteiger partial charge is 0.145 e. The van der Waals surface area contributed by atoms with E-state index >= 15 is 0 Å². The topological polar surface area (TPSA) is 40.6 Å². The number of hydrogen-bond donors (Lipinski definition) is 0. The number of aryl methyl sites for hydroxylation is 1. The zero-order valence-electron chi connectivity index (χ0n) is 13.8. The molecule has 1 heterocycles. The lowest BCUT2D eigenvalue weighted by molar-refractivity contribution is 0.0766. The molecule has 0 bridgehead atoms. The van der Waals surface area contributed by atoms with Crippen molar-refractivity contribution in [2.24, 2.45) is 0 Å². The second-order valence-corrected chi connectivity index (χ2v) is 5.41. The van der Waals surface area contributed by atoms with E-state index in [1.807, 2.05) is 61.5 Å². The lowest BCUT2D eigenvalue weighted by atomic mass is 10.2. The molecule has 0 aliphatic rings. The third kappa shape index (κ3) is 4.24. The number of pyridine rings is 1. The van der Waals surface area contributed by atoms with Crippen molar-refractivity contribution < 1.29 is 14.2 Å². The van der Waals surface area contributed by atoms with Crippen LogP contribution in [0.2, 0.25) is 0 Å². The number of para-hydroxylation sites is 2. The van der Waals surface area contributed by atoms with Gasteiger partial charge in [0.25, 0.3) is 0 Å². The maximum absolute atomic E-state index is 5.77. The van der Waals surface area contributed by atoms with Crippen molar-refractivity contribution >= 4 is 10.9 Å². The Balaban J connectivity index is 1.37. The summed E-state index contributed by atoms with van der Waals surface area (Å²) < 4.78 is 17.0. The number of rotatable bonds is 8. The monoisotopic (exact) mass is 323 g/mol. The molecule has 0 radical (unpaired) electrons. The van der Waals surface area contributed by atoms with Gasteiger partial charge >= 0.3 is 0 Å². The summed E-state index contributed by atoms with van der Waals surface area (Å²) in [7, 11) is 0. The molecular weight excluding hydrogens is 302 g/mol. The summed E-state index contributed by atoms with van der Waals surface area (Å²) in [5, 5.41) is 1.07. The number of aromatic nitrogens is 1. The van der Waals surface area contributed by atoms with Gasteiger partial charge in [-0.1, -0.05) is 36.4 Å². The van der Waals surface area contributed by atoms with E-state index in [2.05, 4.69) is 4.98 Å². The van der Waals surface area contributed by atoms with Crippen LogP contribution in [0.4, 0.5) is 0 Å². The van der Waals surface area contributed by atoms with Crippen LogP contribution < -0.4 is 9.47 Å². The quantitative estimate of drug-likeness (QED) is 0.587. The Kier molecular flexibility index (Phi) is 5.64. The Hall–Kier alpha value is -2.59. The molecule has 3 rings (SSSR count). The second-order valence-electron chi connectivity index (χ2n) is 5.41. The molecule has 4 heteroatoms. The predicted octanol–water partition coefficient (Wildman–Crippen LogP) is 4.02. The van der Waals surface area contributed by atoms with Gasteiger partial charge in [0.2, 0.25) is 0 Å². The molecule has 0 atom stereocenters. The molecular formula is C20H21NO3. The first-order chi connectivity index (χ1) is 11.8. The van der Waals surface area contributed by atoms with Gasteiger partial charge in [-0.2, -0.15) is 0 Å². The molecule has 0 amide bonds. The van der Waals surface area contributed by atoms with E-state index in [9.17, 15) is 0 Å². The van der Waals surface area contributed by atoms with E-state index in [0.717, 1.165) is 28.0 Å². The van der Waals surface area contributed by atoms with Crippen LogP contribution in [-0.2, 0) is 4.74 Å². The summed E-state index contributed by atoms with van der Waals surface area (Å²) >= 11 is 0. The third-order valence-corrected chi connectivity index (χ3v) is 3.66. The van der Waals surface area contributed by atoms with Crippen LogP contribution in [0, 0.1) is 6.92 Å². The molecule has 0 aliphatic heterocycles. The highest BCUT2D eigenvalue weighted by Gasteiger charge is 2.02. The molecule has 0 aliphatic carbocycles. The van der Waals surface area contributed by atoms with Crippen molar-refractivity contribution in [1.29, 1.82) is 0 Å². The zero-order chi connectivity index (χ0) is 16.6. The van der Waals surface area contributed by atoms with Crippen molar-refractivity contribution in [2.75, 3.05) is 26.4 Å². The number of fused-ring (bicyclic) bond motifs is 1. The molecule has 3 aromatic rings. The minimum absolute atomic E-state index is 0.486. The first-order valence-electron chi connectivity index (χ1n) is 8.07. The van der Waals surface area contributed by atoms with Crippen molar-refractivity contribution in [3.63, 3.8) is 0 Å². The number of hydrogen-bond acceptors (Lipinski definition) is 4. The van der Waals surface area contributed by atoms with Crippen molar-refractivity contribution in [3.8, 4) is 11.5 Å². The van der Waals surface area contributed by atoms with Gasteiger partial charge < -0.3 is 14.2 Å². The molecule has 0 unspecified atom stereocenters. The van der Waals surface area contributed by atoms with Gasteiger partial charge in [-0.3, -0.25) is 4.98 Å². The van der Waals surface area contributed by atoms with E-state index in [1.165, 1.54) is 0 Å². The summed E-state index contributed by atoms with van der Waals surface area (Å²) in [5.74, 6) is 1.69. The Labute approximate surface area is 142 Å². The summed E-state index contributed by atoms with van der Waals surface area (Å²) in [6.45, 7) is 4.09. The highest BCUT2D eigenvalue weighted by atomic mass is 16.5. The fourth-order valence-corrected chi connectivity index (χ4v) is 2.43. The molecule has 24 heavy (non-hydrogen) atoms.